The maximum atomic E-state index is 14.0. The van der Waals surface area contributed by atoms with Gasteiger partial charge in [0, 0.05) is 11.6 Å². The molecule has 2 atom stereocenters. The van der Waals surface area contributed by atoms with Gasteiger partial charge in [0.2, 0.25) is 0 Å². The van der Waals surface area contributed by atoms with Gasteiger partial charge in [0.1, 0.15) is 11.6 Å². The van der Waals surface area contributed by atoms with Crippen molar-refractivity contribution in [2.75, 3.05) is 0 Å². The third-order valence-electron chi connectivity index (χ3n) is 3.31. The summed E-state index contributed by atoms with van der Waals surface area (Å²) in [6.07, 6.45) is 0.755. The normalized spacial score (nSPS) is 14.2. The van der Waals surface area contributed by atoms with Crippen LogP contribution in [0.4, 0.5) is 4.39 Å². The molecule has 1 heterocycles. The zero-order valence-corrected chi connectivity index (χ0v) is 12.7. The molecule has 2 unspecified atom stereocenters. The molecule has 2 aromatic rings. The van der Waals surface area contributed by atoms with E-state index in [2.05, 4.69) is 4.98 Å². The first-order chi connectivity index (χ1) is 9.52. The summed E-state index contributed by atoms with van der Waals surface area (Å²) in [5, 5.41) is 0.329. The average molecular weight is 294 g/mol. The zero-order chi connectivity index (χ0) is 14.7. The van der Waals surface area contributed by atoms with Crippen LogP contribution in [0.25, 0.3) is 0 Å². The molecule has 0 aliphatic rings. The Balaban J connectivity index is 2.31. The van der Waals surface area contributed by atoms with E-state index in [0.717, 1.165) is 17.9 Å². The highest BCUT2D eigenvalue weighted by atomic mass is 32.2. The fourth-order valence-corrected chi connectivity index (χ4v) is 3.17. The van der Waals surface area contributed by atoms with E-state index in [1.54, 1.807) is 12.1 Å². The van der Waals surface area contributed by atoms with E-state index in [1.165, 1.54) is 17.8 Å². The number of benzene rings is 1. The molecule has 0 spiro atoms. The largest absolute Gasteiger partial charge is 0.437 e. The second kappa shape index (κ2) is 6.41. The first kappa shape index (κ1) is 15.1. The number of nitrogens with zero attached hydrogens (tertiary/aromatic N) is 1. The second-order valence-corrected chi connectivity index (χ2v) is 5.85. The molecule has 0 aliphatic heterocycles. The zero-order valence-electron chi connectivity index (χ0n) is 11.9. The van der Waals surface area contributed by atoms with Crippen LogP contribution in [-0.4, -0.2) is 11.0 Å². The molecule has 0 amide bonds. The lowest BCUT2D eigenvalue weighted by Gasteiger charge is -2.21. The van der Waals surface area contributed by atoms with Crippen molar-refractivity contribution in [3.63, 3.8) is 0 Å². The van der Waals surface area contributed by atoms with Gasteiger partial charge in [-0.3, -0.25) is 0 Å². The molecule has 1 aromatic heterocycles. The maximum absolute atomic E-state index is 14.0. The van der Waals surface area contributed by atoms with Crippen LogP contribution in [0.2, 0.25) is 0 Å². The molecule has 0 fully saturated rings. The van der Waals surface area contributed by atoms with Crippen molar-refractivity contribution >= 4 is 11.8 Å². The van der Waals surface area contributed by atoms with Gasteiger partial charge >= 0.3 is 0 Å². The van der Waals surface area contributed by atoms with Crippen LogP contribution in [-0.2, 0) is 0 Å². The highest BCUT2D eigenvalue weighted by Gasteiger charge is 2.25. The van der Waals surface area contributed by atoms with Crippen LogP contribution in [0.3, 0.4) is 0 Å². The Morgan fingerprint density at radius 1 is 1.35 bits per heavy atom. The van der Waals surface area contributed by atoms with E-state index in [-0.39, 0.29) is 17.1 Å². The van der Waals surface area contributed by atoms with Gasteiger partial charge in [-0.05, 0) is 26.3 Å². The van der Waals surface area contributed by atoms with Gasteiger partial charge in [0.05, 0.1) is 10.9 Å². The van der Waals surface area contributed by atoms with Gasteiger partial charge in [-0.15, -0.1) is 0 Å². The highest BCUT2D eigenvalue weighted by Crippen LogP contribution is 2.39. The van der Waals surface area contributed by atoms with Crippen molar-refractivity contribution in [1.29, 1.82) is 0 Å². The lowest BCUT2D eigenvalue weighted by atomic mass is 10.0. The van der Waals surface area contributed by atoms with Gasteiger partial charge in [0.25, 0.3) is 5.22 Å². The number of nitrogens with two attached hydrogens (primary N) is 1. The summed E-state index contributed by atoms with van der Waals surface area (Å²) in [6.45, 7) is 5.75. The Morgan fingerprint density at radius 3 is 2.60 bits per heavy atom. The van der Waals surface area contributed by atoms with Crippen molar-refractivity contribution in [3.8, 4) is 0 Å². The van der Waals surface area contributed by atoms with E-state index in [0.29, 0.717) is 10.8 Å². The van der Waals surface area contributed by atoms with E-state index < -0.39 is 0 Å². The number of aromatic nitrogens is 1. The summed E-state index contributed by atoms with van der Waals surface area (Å²) in [5.41, 5.74) is 7.60. The van der Waals surface area contributed by atoms with Crippen molar-refractivity contribution < 1.29 is 8.81 Å². The number of halogens is 1. The average Bonchev–Trinajstić information content (AvgIpc) is 2.75. The van der Waals surface area contributed by atoms with Crippen molar-refractivity contribution in [1.82, 2.24) is 4.98 Å². The van der Waals surface area contributed by atoms with Crippen LogP contribution < -0.4 is 5.73 Å². The summed E-state index contributed by atoms with van der Waals surface area (Å²) in [5.74, 6) is 0.541. The highest BCUT2D eigenvalue weighted by molar-refractivity contribution is 7.99. The van der Waals surface area contributed by atoms with Crippen molar-refractivity contribution in [2.24, 2.45) is 5.73 Å². The molecular weight excluding hydrogens is 275 g/mol. The van der Waals surface area contributed by atoms with E-state index in [1.807, 2.05) is 26.8 Å². The molecule has 0 radical (unpaired) electrons. The molecule has 3 nitrogen and oxygen atoms in total. The number of rotatable bonds is 5. The summed E-state index contributed by atoms with van der Waals surface area (Å²) in [4.78, 5) is 4.34. The third kappa shape index (κ3) is 3.22. The Hall–Kier alpha value is -1.33. The summed E-state index contributed by atoms with van der Waals surface area (Å²) < 4.78 is 19.6. The first-order valence-electron chi connectivity index (χ1n) is 6.63. The Bertz CT molecular complexity index is 566. The quantitative estimate of drug-likeness (QED) is 0.847. The summed E-state index contributed by atoms with van der Waals surface area (Å²) in [6, 6.07) is 6.56. The summed E-state index contributed by atoms with van der Waals surface area (Å²) in [7, 11) is 0. The van der Waals surface area contributed by atoms with Gasteiger partial charge in [-0.2, -0.15) is 0 Å². The van der Waals surface area contributed by atoms with Gasteiger partial charge < -0.3 is 10.2 Å². The number of hydrogen-bond acceptors (Lipinski definition) is 4. The minimum atomic E-state index is -0.242. The van der Waals surface area contributed by atoms with Gasteiger partial charge in [-0.1, -0.05) is 36.9 Å². The first-order valence-corrected chi connectivity index (χ1v) is 7.51. The molecule has 20 heavy (non-hydrogen) atoms. The molecule has 0 saturated carbocycles. The van der Waals surface area contributed by atoms with Crippen LogP contribution in [0.5, 0.6) is 0 Å². The predicted molar refractivity (Wildman–Crippen MR) is 79.2 cm³/mol. The minimum absolute atomic E-state index is 0.163. The molecule has 1 aromatic carbocycles. The van der Waals surface area contributed by atoms with E-state index in [4.69, 9.17) is 10.2 Å². The SMILES string of the molecule is CCC(N)C(Sc1nc(C)c(C)o1)c1ccccc1F. The lowest BCUT2D eigenvalue weighted by Crippen LogP contribution is -2.26. The Kier molecular flexibility index (Phi) is 4.83. The van der Waals surface area contributed by atoms with Crippen LogP contribution in [0, 0.1) is 19.7 Å². The Labute approximate surface area is 122 Å². The smallest absolute Gasteiger partial charge is 0.256 e. The second-order valence-electron chi connectivity index (χ2n) is 4.75. The maximum Gasteiger partial charge on any atom is 0.256 e. The molecule has 2 rings (SSSR count). The van der Waals surface area contributed by atoms with Crippen molar-refractivity contribution in [3.05, 3.63) is 47.1 Å². The minimum Gasteiger partial charge on any atom is -0.437 e. The standard InChI is InChI=1S/C15H19FN2OS/c1-4-13(17)14(11-7-5-6-8-12(11)16)20-15-18-9(2)10(3)19-15/h5-8,13-14H,4,17H2,1-3H3. The molecule has 108 valence electrons. The molecule has 0 aliphatic carbocycles. The molecule has 2 N–H and O–H groups in total. The number of aryl methyl sites for hydroxylation is 2. The summed E-state index contributed by atoms with van der Waals surface area (Å²) >= 11 is 1.38. The molecule has 5 heteroatoms. The molecule has 0 saturated heterocycles. The molecule has 0 bridgehead atoms. The van der Waals surface area contributed by atoms with Gasteiger partial charge in [0.15, 0.2) is 0 Å². The van der Waals surface area contributed by atoms with E-state index in [9.17, 15) is 4.39 Å². The molecular formula is C15H19FN2OS. The monoisotopic (exact) mass is 294 g/mol. The number of hydrogen-bond donors (Lipinski definition) is 1. The van der Waals surface area contributed by atoms with Crippen LogP contribution >= 0.6 is 11.8 Å². The van der Waals surface area contributed by atoms with Crippen LogP contribution in [0.15, 0.2) is 33.9 Å². The van der Waals surface area contributed by atoms with Crippen molar-refractivity contribution in [2.45, 2.75) is 43.7 Å². The fourth-order valence-electron chi connectivity index (χ4n) is 1.90. The number of thioether (sulfide) groups is 1. The topological polar surface area (TPSA) is 52.0 Å². The fraction of sp³-hybridized carbons (Fsp3) is 0.400. The Morgan fingerprint density at radius 2 is 2.05 bits per heavy atom. The van der Waals surface area contributed by atoms with Crippen LogP contribution in [0.1, 0.15) is 35.6 Å². The number of oxazole rings is 1. The van der Waals surface area contributed by atoms with Gasteiger partial charge in [-0.25, -0.2) is 9.37 Å². The van der Waals surface area contributed by atoms with E-state index >= 15 is 0 Å². The third-order valence-corrected chi connectivity index (χ3v) is 4.54. The predicted octanol–water partition coefficient (Wildman–Crippen LogP) is 4.00. The lowest BCUT2D eigenvalue weighted by molar-refractivity contribution is 0.428.